The molecule has 182 valence electrons. The average Bonchev–Trinajstić information content (AvgIpc) is 3.05. The average molecular weight is 487 g/mol. The fraction of sp³-hybridized carbons (Fsp3) is 0.500. The molecule has 0 unspecified atom stereocenters. The monoisotopic (exact) mass is 486 g/mol. The van der Waals surface area contributed by atoms with Crippen molar-refractivity contribution in [2.45, 2.75) is 59.1 Å². The Hall–Kier alpha value is -3.07. The SMILES string of the molecule is COc1c([C@@H](C)n2nc(C)c3c(N)ncnc32)cc(Cl)c(C)c1C1CN(C(=O)OC(C)(C)C)C1. The van der Waals surface area contributed by atoms with Crippen molar-refractivity contribution < 1.29 is 14.3 Å². The van der Waals surface area contributed by atoms with Crippen molar-refractivity contribution in [2.24, 2.45) is 0 Å². The summed E-state index contributed by atoms with van der Waals surface area (Å²) >= 11 is 6.70. The molecular weight excluding hydrogens is 456 g/mol. The van der Waals surface area contributed by atoms with Crippen molar-refractivity contribution in [1.82, 2.24) is 24.6 Å². The lowest BCUT2D eigenvalue weighted by atomic mass is 9.85. The molecule has 4 rings (SSSR count). The highest BCUT2D eigenvalue weighted by molar-refractivity contribution is 6.31. The molecule has 1 aliphatic rings. The van der Waals surface area contributed by atoms with Crippen LogP contribution in [0.5, 0.6) is 5.75 Å². The van der Waals surface area contributed by atoms with Gasteiger partial charge in [-0.3, -0.25) is 0 Å². The van der Waals surface area contributed by atoms with Crippen molar-refractivity contribution in [2.75, 3.05) is 25.9 Å². The second-order valence-electron chi connectivity index (χ2n) is 9.77. The van der Waals surface area contributed by atoms with E-state index in [0.29, 0.717) is 29.6 Å². The molecule has 9 nitrogen and oxygen atoms in total. The Morgan fingerprint density at radius 3 is 2.56 bits per heavy atom. The van der Waals surface area contributed by atoms with Gasteiger partial charge in [0.2, 0.25) is 0 Å². The van der Waals surface area contributed by atoms with E-state index in [1.165, 1.54) is 6.33 Å². The molecule has 0 spiro atoms. The van der Waals surface area contributed by atoms with Gasteiger partial charge in [-0.25, -0.2) is 19.4 Å². The molecule has 1 aromatic carbocycles. The standard InChI is InChI=1S/C24H31ClN6O3/c1-12-17(25)8-16(14(3)31-22-19(13(2)29-31)21(26)27-11-28-22)20(33-7)18(12)15-9-30(10-15)23(32)34-24(4,5)6/h8,11,14-15H,9-10H2,1-7H3,(H2,26,27,28)/t14-/m1/s1. The van der Waals surface area contributed by atoms with E-state index in [1.807, 2.05) is 52.3 Å². The molecule has 1 aliphatic heterocycles. The Morgan fingerprint density at radius 2 is 1.94 bits per heavy atom. The first kappa shape index (κ1) is 24.1. The number of hydrogen-bond acceptors (Lipinski definition) is 7. The highest BCUT2D eigenvalue weighted by Gasteiger charge is 2.38. The van der Waals surface area contributed by atoms with Gasteiger partial charge in [0.25, 0.3) is 0 Å². The first-order chi connectivity index (χ1) is 15.9. The number of hydrogen-bond donors (Lipinski definition) is 1. The number of nitrogens with zero attached hydrogens (tertiary/aromatic N) is 5. The quantitative estimate of drug-likeness (QED) is 0.572. The first-order valence-corrected chi connectivity index (χ1v) is 11.6. The first-order valence-electron chi connectivity index (χ1n) is 11.2. The Labute approximate surface area is 204 Å². The third kappa shape index (κ3) is 4.13. The molecule has 1 saturated heterocycles. The second-order valence-corrected chi connectivity index (χ2v) is 10.2. The summed E-state index contributed by atoms with van der Waals surface area (Å²) in [5.41, 5.74) is 9.77. The van der Waals surface area contributed by atoms with Crippen LogP contribution in [0.15, 0.2) is 12.4 Å². The van der Waals surface area contributed by atoms with Gasteiger partial charge < -0.3 is 20.1 Å². The minimum Gasteiger partial charge on any atom is -0.496 e. The summed E-state index contributed by atoms with van der Waals surface area (Å²) in [6.45, 7) is 12.5. The molecule has 2 aromatic heterocycles. The highest BCUT2D eigenvalue weighted by Crippen LogP contribution is 2.44. The van der Waals surface area contributed by atoms with Crippen molar-refractivity contribution in [1.29, 1.82) is 0 Å². The third-order valence-electron chi connectivity index (χ3n) is 6.21. The second kappa shape index (κ2) is 8.61. The number of ether oxygens (including phenoxy) is 2. The Morgan fingerprint density at radius 1 is 1.26 bits per heavy atom. The minimum atomic E-state index is -0.536. The number of rotatable bonds is 4. The minimum absolute atomic E-state index is 0.0844. The van der Waals surface area contributed by atoms with Gasteiger partial charge in [-0.2, -0.15) is 5.10 Å². The predicted molar refractivity (Wildman–Crippen MR) is 132 cm³/mol. The lowest BCUT2D eigenvalue weighted by Gasteiger charge is -2.41. The van der Waals surface area contributed by atoms with Gasteiger partial charge in [0.05, 0.1) is 24.2 Å². The van der Waals surface area contributed by atoms with Crippen molar-refractivity contribution >= 4 is 34.5 Å². The van der Waals surface area contributed by atoms with Crippen molar-refractivity contribution in [3.05, 3.63) is 39.8 Å². The Balaban J connectivity index is 1.71. The molecule has 34 heavy (non-hydrogen) atoms. The number of amides is 1. The summed E-state index contributed by atoms with van der Waals surface area (Å²) in [6, 6.07) is 1.68. The van der Waals surface area contributed by atoms with Crippen molar-refractivity contribution in [3.63, 3.8) is 0 Å². The van der Waals surface area contributed by atoms with Crippen LogP contribution in [0.3, 0.4) is 0 Å². The molecule has 0 bridgehead atoms. The van der Waals surface area contributed by atoms with Gasteiger partial charge >= 0.3 is 6.09 Å². The normalized spacial score (nSPS) is 15.4. The van der Waals surface area contributed by atoms with Crippen molar-refractivity contribution in [3.8, 4) is 5.75 Å². The summed E-state index contributed by atoms with van der Waals surface area (Å²) in [7, 11) is 1.65. The van der Waals surface area contributed by atoms with Crippen LogP contribution in [0, 0.1) is 13.8 Å². The fourth-order valence-corrected chi connectivity index (χ4v) is 4.72. The maximum Gasteiger partial charge on any atom is 0.410 e. The number of methoxy groups -OCH3 is 1. The number of aryl methyl sites for hydroxylation is 1. The largest absolute Gasteiger partial charge is 0.496 e. The van der Waals surface area contributed by atoms with Crippen LogP contribution in [0.25, 0.3) is 11.0 Å². The molecule has 0 aliphatic carbocycles. The van der Waals surface area contributed by atoms with E-state index in [2.05, 4.69) is 9.97 Å². The number of fused-ring (bicyclic) bond motifs is 1. The maximum absolute atomic E-state index is 12.5. The van der Waals surface area contributed by atoms with Crippen LogP contribution in [-0.2, 0) is 4.74 Å². The molecular formula is C24H31ClN6O3. The van der Waals surface area contributed by atoms with Crippen LogP contribution in [-0.4, -0.2) is 56.5 Å². The number of aromatic nitrogens is 4. The molecule has 10 heteroatoms. The van der Waals surface area contributed by atoms with E-state index in [1.54, 1.807) is 12.0 Å². The number of carbonyl (C=O) groups is 1. The summed E-state index contributed by atoms with van der Waals surface area (Å²) in [6.07, 6.45) is 1.12. The molecule has 0 radical (unpaired) electrons. The smallest absolute Gasteiger partial charge is 0.410 e. The van der Waals surface area contributed by atoms with E-state index >= 15 is 0 Å². The van der Waals surface area contributed by atoms with Gasteiger partial charge in [-0.1, -0.05) is 11.6 Å². The van der Waals surface area contributed by atoms with Crippen LogP contribution in [0.1, 0.15) is 62.0 Å². The zero-order chi connectivity index (χ0) is 24.9. The third-order valence-corrected chi connectivity index (χ3v) is 6.60. The number of anilines is 1. The summed E-state index contributed by atoms with van der Waals surface area (Å²) < 4.78 is 13.3. The van der Waals surface area contributed by atoms with Crippen LogP contribution >= 0.6 is 11.6 Å². The fourth-order valence-electron chi connectivity index (χ4n) is 4.50. The van der Waals surface area contributed by atoms with Crippen LogP contribution in [0.2, 0.25) is 5.02 Å². The number of nitrogens with two attached hydrogens (primary N) is 1. The summed E-state index contributed by atoms with van der Waals surface area (Å²) in [5, 5.41) is 6.07. The van der Waals surface area contributed by atoms with Crippen LogP contribution in [0.4, 0.5) is 10.6 Å². The zero-order valence-electron chi connectivity index (χ0n) is 20.6. The summed E-state index contributed by atoms with van der Waals surface area (Å²) in [4.78, 5) is 22.7. The number of likely N-dealkylation sites (tertiary alicyclic amines) is 1. The highest BCUT2D eigenvalue weighted by atomic mass is 35.5. The van der Waals surface area contributed by atoms with E-state index in [4.69, 9.17) is 31.9 Å². The molecule has 1 amide bonds. The number of halogens is 1. The molecule has 3 heterocycles. The molecule has 3 aromatic rings. The number of carbonyl (C=O) groups excluding carboxylic acids is 1. The van der Waals surface area contributed by atoms with E-state index < -0.39 is 5.60 Å². The van der Waals surface area contributed by atoms with Gasteiger partial charge in [-0.05, 0) is 53.2 Å². The Bertz CT molecular complexity index is 1260. The van der Waals surface area contributed by atoms with E-state index in [9.17, 15) is 4.79 Å². The summed E-state index contributed by atoms with van der Waals surface area (Å²) in [5.74, 6) is 1.22. The topological polar surface area (TPSA) is 108 Å². The zero-order valence-corrected chi connectivity index (χ0v) is 21.4. The van der Waals surface area contributed by atoms with Gasteiger partial charge in [-0.15, -0.1) is 0 Å². The predicted octanol–water partition coefficient (Wildman–Crippen LogP) is 4.63. The molecule has 1 atom stereocenters. The number of nitrogen functional groups attached to an aromatic ring is 1. The van der Waals surface area contributed by atoms with Gasteiger partial charge in [0, 0.05) is 35.2 Å². The lowest BCUT2D eigenvalue weighted by molar-refractivity contribution is 0.00793. The van der Waals surface area contributed by atoms with Crippen LogP contribution < -0.4 is 10.5 Å². The molecule has 2 N–H and O–H groups in total. The van der Waals surface area contributed by atoms with Gasteiger partial charge in [0.15, 0.2) is 5.65 Å². The maximum atomic E-state index is 12.5. The van der Waals surface area contributed by atoms with Gasteiger partial charge in [0.1, 0.15) is 23.5 Å². The van der Waals surface area contributed by atoms with E-state index in [-0.39, 0.29) is 18.1 Å². The molecule has 0 saturated carbocycles. The lowest BCUT2D eigenvalue weighted by Crippen LogP contribution is -2.50. The Kier molecular flexibility index (Phi) is 6.10. The van der Waals surface area contributed by atoms with E-state index in [0.717, 1.165) is 33.5 Å². The number of benzene rings is 1. The molecule has 1 fully saturated rings.